The third kappa shape index (κ3) is 3.87. The van der Waals surface area contributed by atoms with Gasteiger partial charge < -0.3 is 4.74 Å². The highest BCUT2D eigenvalue weighted by molar-refractivity contribution is 9.10. The summed E-state index contributed by atoms with van der Waals surface area (Å²) in [6, 6.07) is 5.57. The van der Waals surface area contributed by atoms with Crippen LogP contribution >= 0.6 is 27.3 Å². The summed E-state index contributed by atoms with van der Waals surface area (Å²) in [6.07, 6.45) is 3.10. The number of hydrogen-bond donors (Lipinski definition) is 1. The Morgan fingerprint density at radius 1 is 1.53 bits per heavy atom. The number of nitrogens with zero attached hydrogens (tertiary/aromatic N) is 2. The first-order valence-electron chi connectivity index (χ1n) is 5.28. The second-order valence-corrected chi connectivity index (χ2v) is 5.20. The summed E-state index contributed by atoms with van der Waals surface area (Å²) < 4.78 is 6.13. The van der Waals surface area contributed by atoms with Crippen molar-refractivity contribution >= 4 is 44.4 Å². The molecule has 0 spiro atoms. The van der Waals surface area contributed by atoms with E-state index in [1.807, 2.05) is 18.2 Å². The van der Waals surface area contributed by atoms with Gasteiger partial charge in [0.25, 0.3) is 0 Å². The van der Waals surface area contributed by atoms with Crippen molar-refractivity contribution < 1.29 is 9.53 Å². The third-order valence-corrected chi connectivity index (χ3v) is 3.30. The van der Waals surface area contributed by atoms with E-state index in [1.165, 1.54) is 17.4 Å². The molecule has 0 atom stereocenters. The molecule has 1 heterocycles. The summed E-state index contributed by atoms with van der Waals surface area (Å²) >= 11 is 4.64. The largest absolute Gasteiger partial charge is 0.496 e. The molecule has 2 aromatic rings. The molecule has 5 nitrogen and oxygen atoms in total. The van der Waals surface area contributed by atoms with E-state index in [2.05, 4.69) is 31.4 Å². The van der Waals surface area contributed by atoms with Crippen LogP contribution in [0.25, 0.3) is 6.08 Å². The molecular formula is C12H10BrN3O2S. The summed E-state index contributed by atoms with van der Waals surface area (Å²) in [5.41, 5.74) is 2.36. The van der Waals surface area contributed by atoms with Crippen LogP contribution in [0.4, 0.5) is 5.13 Å². The number of hydrogen-bond acceptors (Lipinski definition) is 5. The van der Waals surface area contributed by atoms with Gasteiger partial charge in [-0.05, 0) is 24.3 Å². The normalized spacial score (nSPS) is 10.6. The van der Waals surface area contributed by atoms with Gasteiger partial charge in [-0.25, -0.2) is 0 Å². The van der Waals surface area contributed by atoms with Crippen LogP contribution in [0.3, 0.4) is 0 Å². The minimum absolute atomic E-state index is 0.265. The topological polar surface area (TPSA) is 64.1 Å². The van der Waals surface area contributed by atoms with Gasteiger partial charge in [0.2, 0.25) is 11.0 Å². The van der Waals surface area contributed by atoms with Crippen LogP contribution in [0.1, 0.15) is 5.56 Å². The number of rotatable bonds is 4. The fourth-order valence-electron chi connectivity index (χ4n) is 1.38. The van der Waals surface area contributed by atoms with Crippen LogP contribution in [-0.4, -0.2) is 23.2 Å². The number of aromatic nitrogens is 2. The molecule has 0 saturated heterocycles. The van der Waals surface area contributed by atoms with Gasteiger partial charge in [-0.15, -0.1) is 10.2 Å². The molecule has 1 amide bonds. The first-order chi connectivity index (χ1) is 9.19. The van der Waals surface area contributed by atoms with Crippen LogP contribution in [0.15, 0.2) is 34.3 Å². The van der Waals surface area contributed by atoms with Crippen LogP contribution in [0.2, 0.25) is 0 Å². The second-order valence-electron chi connectivity index (χ2n) is 3.45. The average Bonchev–Trinajstić information content (AvgIpc) is 2.89. The Kier molecular flexibility index (Phi) is 4.64. The third-order valence-electron chi connectivity index (χ3n) is 2.20. The van der Waals surface area contributed by atoms with Crippen molar-refractivity contribution in [2.45, 2.75) is 0 Å². The number of carbonyl (C=O) groups is 1. The Morgan fingerprint density at radius 2 is 2.37 bits per heavy atom. The molecule has 19 heavy (non-hydrogen) atoms. The van der Waals surface area contributed by atoms with Crippen molar-refractivity contribution in [1.29, 1.82) is 0 Å². The highest BCUT2D eigenvalue weighted by Gasteiger charge is 2.03. The SMILES string of the molecule is COc1ccc(Br)cc1/C=C/C(=O)Nc1nncs1. The maximum atomic E-state index is 11.7. The zero-order chi connectivity index (χ0) is 13.7. The minimum atomic E-state index is -0.265. The van der Waals surface area contributed by atoms with Crippen LogP contribution in [0, 0.1) is 0 Å². The Bertz CT molecular complexity index is 599. The van der Waals surface area contributed by atoms with Crippen LogP contribution in [0.5, 0.6) is 5.75 Å². The minimum Gasteiger partial charge on any atom is -0.496 e. The number of halogens is 1. The van der Waals surface area contributed by atoms with Gasteiger partial charge >= 0.3 is 0 Å². The molecule has 0 aliphatic heterocycles. The van der Waals surface area contributed by atoms with Crippen LogP contribution < -0.4 is 10.1 Å². The Hall–Kier alpha value is -1.73. The number of nitrogens with one attached hydrogen (secondary N) is 1. The van der Waals surface area contributed by atoms with Crippen molar-refractivity contribution in [3.63, 3.8) is 0 Å². The quantitative estimate of drug-likeness (QED) is 0.869. The van der Waals surface area contributed by atoms with E-state index in [0.717, 1.165) is 10.0 Å². The fourth-order valence-corrected chi connectivity index (χ4v) is 2.20. The van der Waals surface area contributed by atoms with Crippen molar-refractivity contribution in [2.75, 3.05) is 12.4 Å². The van der Waals surface area contributed by atoms with Gasteiger partial charge in [0.05, 0.1) is 7.11 Å². The molecule has 0 aliphatic carbocycles. The standard InChI is InChI=1S/C12H10BrN3O2S/c1-18-10-4-3-9(13)6-8(10)2-5-11(17)15-12-16-14-7-19-12/h2-7H,1H3,(H,15,16,17)/b5-2+. The summed E-state index contributed by atoms with van der Waals surface area (Å²) in [7, 11) is 1.59. The molecular weight excluding hydrogens is 330 g/mol. The number of methoxy groups -OCH3 is 1. The molecule has 0 fully saturated rings. The number of ether oxygens (including phenoxy) is 1. The van der Waals surface area contributed by atoms with Gasteiger partial charge in [-0.1, -0.05) is 27.3 Å². The highest BCUT2D eigenvalue weighted by atomic mass is 79.9. The Morgan fingerprint density at radius 3 is 3.05 bits per heavy atom. The maximum absolute atomic E-state index is 11.7. The highest BCUT2D eigenvalue weighted by Crippen LogP contribution is 2.24. The van der Waals surface area contributed by atoms with E-state index >= 15 is 0 Å². The van der Waals surface area contributed by atoms with Gasteiger partial charge in [0.1, 0.15) is 11.3 Å². The Labute approximate surface area is 122 Å². The van der Waals surface area contributed by atoms with Crippen molar-refractivity contribution in [1.82, 2.24) is 10.2 Å². The number of amides is 1. The lowest BCUT2D eigenvalue weighted by molar-refractivity contribution is -0.111. The second kappa shape index (κ2) is 6.44. The molecule has 7 heteroatoms. The van der Waals surface area contributed by atoms with Crippen molar-refractivity contribution in [2.24, 2.45) is 0 Å². The first-order valence-corrected chi connectivity index (χ1v) is 6.95. The molecule has 2 rings (SSSR count). The lowest BCUT2D eigenvalue weighted by Crippen LogP contribution is -2.07. The predicted octanol–water partition coefficient (Wildman–Crippen LogP) is 2.96. The van der Waals surface area contributed by atoms with E-state index < -0.39 is 0 Å². The molecule has 0 saturated carbocycles. The fraction of sp³-hybridized carbons (Fsp3) is 0.0833. The van der Waals surface area contributed by atoms with E-state index in [1.54, 1.807) is 18.7 Å². The van der Waals surface area contributed by atoms with E-state index in [0.29, 0.717) is 10.9 Å². The van der Waals surface area contributed by atoms with E-state index in [-0.39, 0.29) is 5.91 Å². The van der Waals surface area contributed by atoms with Gasteiger partial charge in [-0.2, -0.15) is 0 Å². The monoisotopic (exact) mass is 339 g/mol. The summed E-state index contributed by atoms with van der Waals surface area (Å²) in [5.74, 6) is 0.432. The maximum Gasteiger partial charge on any atom is 0.250 e. The summed E-state index contributed by atoms with van der Waals surface area (Å²) in [5, 5.41) is 10.4. The number of anilines is 1. The smallest absolute Gasteiger partial charge is 0.250 e. The average molecular weight is 340 g/mol. The summed E-state index contributed by atoms with van der Waals surface area (Å²) in [6.45, 7) is 0. The summed E-state index contributed by atoms with van der Waals surface area (Å²) in [4.78, 5) is 11.7. The molecule has 1 aromatic heterocycles. The van der Waals surface area contributed by atoms with Crippen LogP contribution in [-0.2, 0) is 4.79 Å². The zero-order valence-electron chi connectivity index (χ0n) is 9.96. The van der Waals surface area contributed by atoms with Gasteiger partial charge in [0.15, 0.2) is 0 Å². The molecule has 1 aromatic carbocycles. The zero-order valence-corrected chi connectivity index (χ0v) is 12.4. The van der Waals surface area contributed by atoms with E-state index in [4.69, 9.17) is 4.74 Å². The molecule has 0 bridgehead atoms. The molecule has 0 unspecified atom stereocenters. The molecule has 0 radical (unpaired) electrons. The predicted molar refractivity (Wildman–Crippen MR) is 78.3 cm³/mol. The number of carbonyl (C=O) groups excluding carboxylic acids is 1. The molecule has 98 valence electrons. The molecule has 1 N–H and O–H groups in total. The lowest BCUT2D eigenvalue weighted by atomic mass is 10.2. The molecule has 0 aliphatic rings. The lowest BCUT2D eigenvalue weighted by Gasteiger charge is -2.04. The first kappa shape index (κ1) is 13.7. The number of benzene rings is 1. The van der Waals surface area contributed by atoms with Crippen molar-refractivity contribution in [3.05, 3.63) is 39.8 Å². The van der Waals surface area contributed by atoms with Crippen molar-refractivity contribution in [3.8, 4) is 5.75 Å². The van der Waals surface area contributed by atoms with Gasteiger partial charge in [0, 0.05) is 16.1 Å². The van der Waals surface area contributed by atoms with Gasteiger partial charge in [-0.3, -0.25) is 10.1 Å². The Balaban J connectivity index is 2.09. The van der Waals surface area contributed by atoms with E-state index in [9.17, 15) is 4.79 Å².